The molecule has 4 aliphatic rings. The molecule has 0 radical (unpaired) electrons. The number of ether oxygens (including phenoxy) is 4. The molecular formula is C36H52BCl4N2O4-. The molecule has 2 N–H and O–H groups in total. The van der Waals surface area contributed by atoms with Gasteiger partial charge in [-0.1, -0.05) is 71.0 Å². The molecule has 2 saturated carbocycles. The van der Waals surface area contributed by atoms with Gasteiger partial charge in [0.2, 0.25) is 0 Å². The van der Waals surface area contributed by atoms with Crippen LogP contribution in [0.2, 0.25) is 20.1 Å². The first-order valence-corrected chi connectivity index (χ1v) is 17.8. The van der Waals surface area contributed by atoms with Crippen molar-refractivity contribution in [3.63, 3.8) is 0 Å². The quantitative estimate of drug-likeness (QED) is 0.311. The zero-order valence-corrected chi connectivity index (χ0v) is 30.2. The minimum atomic E-state index is -0.493. The van der Waals surface area contributed by atoms with Gasteiger partial charge in [-0.25, -0.2) is 0 Å². The number of benzene rings is 2. The number of halogens is 4. The summed E-state index contributed by atoms with van der Waals surface area (Å²) in [5.41, 5.74) is 7.66. The van der Waals surface area contributed by atoms with Crippen molar-refractivity contribution in [1.29, 1.82) is 5.26 Å². The van der Waals surface area contributed by atoms with Crippen molar-refractivity contribution < 1.29 is 18.9 Å². The number of hydrogen-bond donors (Lipinski definition) is 1. The van der Waals surface area contributed by atoms with Crippen molar-refractivity contribution in [2.45, 2.75) is 106 Å². The van der Waals surface area contributed by atoms with Crippen LogP contribution in [0.1, 0.15) is 88.2 Å². The van der Waals surface area contributed by atoms with Gasteiger partial charge in [-0.2, -0.15) is 5.26 Å². The first kappa shape index (κ1) is 40.4. The Morgan fingerprint density at radius 3 is 1.81 bits per heavy atom. The van der Waals surface area contributed by atoms with Crippen LogP contribution in [0, 0.1) is 11.3 Å². The van der Waals surface area contributed by atoms with Crippen LogP contribution in [-0.2, 0) is 29.8 Å². The Balaban J connectivity index is 0.000000193. The van der Waals surface area contributed by atoms with E-state index in [9.17, 15) is 5.26 Å². The zero-order chi connectivity index (χ0) is 34.3. The van der Waals surface area contributed by atoms with Crippen molar-refractivity contribution in [2.24, 2.45) is 5.73 Å². The summed E-state index contributed by atoms with van der Waals surface area (Å²) in [6, 6.07) is 14.6. The molecule has 2 aromatic carbocycles. The summed E-state index contributed by atoms with van der Waals surface area (Å²) in [7, 11) is 3.99. The van der Waals surface area contributed by atoms with E-state index in [1.165, 1.54) is 31.2 Å². The maximum atomic E-state index is 9.59. The van der Waals surface area contributed by atoms with Gasteiger partial charge in [-0.15, -0.1) is 0 Å². The lowest BCUT2D eigenvalue weighted by atomic mass is 9.68. The molecule has 5 atom stereocenters. The Kier molecular flexibility index (Phi) is 17.7. The Hall–Kier alpha value is -1.05. The summed E-state index contributed by atoms with van der Waals surface area (Å²) in [6.07, 6.45) is 13.6. The number of nitriles is 1. The molecule has 2 heterocycles. The van der Waals surface area contributed by atoms with E-state index in [4.69, 9.17) is 71.1 Å². The first-order valence-electron chi connectivity index (χ1n) is 16.3. The summed E-state index contributed by atoms with van der Waals surface area (Å²) >= 11 is 24.1. The lowest BCUT2D eigenvalue weighted by molar-refractivity contribution is 0.0412. The molecule has 0 spiro atoms. The fourth-order valence-electron chi connectivity index (χ4n) is 6.48. The third kappa shape index (κ3) is 12.1. The molecule has 6 nitrogen and oxygen atoms in total. The standard InChI is InChI=1S/C14H19Cl2NO.C14H15Cl2NO.C4H10BO.C4H8O/c2*1-18-11-3-2-6-14(8-11,9-17)10-4-5-12(15)13(16)7-10;5-4-2-1-3-6-4;1-2-4-5-3-1/h4-5,7,11H,2-3,6,8-9,17H2,1H3;4-5,7,11H,2-3,6,8H2,1H3;4H,1-3H2,5H3;1-4H2/q;;-1;/t2*11-,14-;;/m11../s1. The van der Waals surface area contributed by atoms with E-state index in [0.29, 0.717) is 34.5 Å². The molecule has 2 aliphatic carbocycles. The van der Waals surface area contributed by atoms with E-state index in [0.717, 1.165) is 82.8 Å². The van der Waals surface area contributed by atoms with Crippen LogP contribution in [0.5, 0.6) is 0 Å². The van der Waals surface area contributed by atoms with Crippen LogP contribution >= 0.6 is 46.4 Å². The van der Waals surface area contributed by atoms with Crippen LogP contribution in [0.25, 0.3) is 0 Å². The van der Waals surface area contributed by atoms with Crippen LogP contribution in [-0.4, -0.2) is 66.6 Å². The van der Waals surface area contributed by atoms with Gasteiger partial charge in [-0.3, -0.25) is 0 Å². The summed E-state index contributed by atoms with van der Waals surface area (Å²) in [4.78, 5) is 0. The summed E-state index contributed by atoms with van der Waals surface area (Å²) in [5.74, 6) is 0. The highest BCUT2D eigenvalue weighted by molar-refractivity contribution is 6.42. The largest absolute Gasteiger partial charge is 0.417 e. The predicted octanol–water partition coefficient (Wildman–Crippen LogP) is 8.41. The van der Waals surface area contributed by atoms with Crippen molar-refractivity contribution >= 4 is 54.3 Å². The molecule has 6 rings (SSSR count). The summed E-state index contributed by atoms with van der Waals surface area (Å²) in [6.45, 7) is 3.67. The summed E-state index contributed by atoms with van der Waals surface area (Å²) < 4.78 is 21.1. The van der Waals surface area contributed by atoms with Crippen molar-refractivity contribution in [2.75, 3.05) is 40.6 Å². The average molecular weight is 729 g/mol. The number of rotatable bonds is 5. The van der Waals surface area contributed by atoms with Crippen LogP contribution in [0.4, 0.5) is 0 Å². The SMILES string of the molecule is C1CCOC1.CO[C@@H]1CCC[C@@](C#N)(c2ccc(Cl)c(Cl)c2)C1.CO[C@@H]1CCC[C@@](CN)(c2ccc(Cl)c(Cl)c2)C1.[BH3-]C1CCCO1. The Bertz CT molecular complexity index is 1270. The highest BCUT2D eigenvalue weighted by atomic mass is 35.5. The van der Waals surface area contributed by atoms with Crippen molar-refractivity contribution in [3.8, 4) is 6.07 Å². The molecule has 0 bridgehead atoms. The zero-order valence-electron chi connectivity index (χ0n) is 27.2. The molecule has 11 heteroatoms. The second kappa shape index (κ2) is 20.6. The minimum absolute atomic E-state index is 0.0207. The predicted molar refractivity (Wildman–Crippen MR) is 198 cm³/mol. The van der Waals surface area contributed by atoms with Crippen molar-refractivity contribution in [3.05, 3.63) is 67.6 Å². The molecule has 0 amide bonds. The number of hydrogen-bond acceptors (Lipinski definition) is 6. The second-order valence-electron chi connectivity index (χ2n) is 12.3. The lowest BCUT2D eigenvalue weighted by Gasteiger charge is -2.40. The van der Waals surface area contributed by atoms with Gasteiger partial charge >= 0.3 is 0 Å². The topological polar surface area (TPSA) is 86.7 Å². The highest BCUT2D eigenvalue weighted by Gasteiger charge is 2.39. The van der Waals surface area contributed by atoms with Gasteiger partial charge in [0.25, 0.3) is 0 Å². The van der Waals surface area contributed by atoms with Gasteiger partial charge in [0.1, 0.15) is 0 Å². The maximum absolute atomic E-state index is 9.59. The van der Waals surface area contributed by atoms with E-state index in [-0.39, 0.29) is 17.6 Å². The fourth-order valence-corrected chi connectivity index (χ4v) is 7.07. The molecule has 1 unspecified atom stereocenters. The van der Waals surface area contributed by atoms with Crippen molar-refractivity contribution in [1.82, 2.24) is 0 Å². The van der Waals surface area contributed by atoms with Gasteiger partial charge < -0.3 is 24.7 Å². The molecule has 2 saturated heterocycles. The number of methoxy groups -OCH3 is 2. The molecule has 4 fully saturated rings. The molecule has 0 aromatic heterocycles. The molecule has 2 aliphatic heterocycles. The molecule has 47 heavy (non-hydrogen) atoms. The number of nitrogens with zero attached hydrogens (tertiary/aromatic N) is 1. The maximum Gasteiger partial charge on any atom is 0.0847 e. The normalized spacial score (nSPS) is 28.4. The third-order valence-electron chi connectivity index (χ3n) is 9.31. The van der Waals surface area contributed by atoms with E-state index in [2.05, 4.69) is 6.07 Å². The van der Waals surface area contributed by atoms with Gasteiger partial charge in [0.05, 0.1) is 43.8 Å². The van der Waals surface area contributed by atoms with E-state index < -0.39 is 5.41 Å². The highest BCUT2D eigenvalue weighted by Crippen LogP contribution is 2.42. The third-order valence-corrected chi connectivity index (χ3v) is 10.8. The van der Waals surface area contributed by atoms with E-state index >= 15 is 0 Å². The van der Waals surface area contributed by atoms with Gasteiger partial charge in [0.15, 0.2) is 0 Å². The second-order valence-corrected chi connectivity index (χ2v) is 14.0. The van der Waals surface area contributed by atoms with Crippen LogP contribution < -0.4 is 5.73 Å². The van der Waals surface area contributed by atoms with Crippen LogP contribution in [0.3, 0.4) is 0 Å². The summed E-state index contributed by atoms with van der Waals surface area (Å²) in [5, 5.41) is 11.8. The van der Waals surface area contributed by atoms with E-state index in [1.807, 2.05) is 30.3 Å². The van der Waals surface area contributed by atoms with Crippen LogP contribution in [0.15, 0.2) is 36.4 Å². The minimum Gasteiger partial charge on any atom is -0.417 e. The molecule has 2 aromatic rings. The van der Waals surface area contributed by atoms with E-state index in [1.54, 1.807) is 20.3 Å². The molecule has 262 valence electrons. The Morgan fingerprint density at radius 1 is 0.787 bits per heavy atom. The average Bonchev–Trinajstić information content (AvgIpc) is 3.85. The van der Waals surface area contributed by atoms with Gasteiger partial charge in [0, 0.05) is 46.0 Å². The number of nitrogens with two attached hydrogens (primary N) is 1. The smallest absolute Gasteiger partial charge is 0.0847 e. The molecular weight excluding hydrogens is 677 g/mol. The van der Waals surface area contributed by atoms with Gasteiger partial charge in [-0.05, 0) is 114 Å². The first-order chi connectivity index (χ1) is 22.6. The fraction of sp³-hybridized carbons (Fsp3) is 0.639. The Labute approximate surface area is 303 Å². The lowest BCUT2D eigenvalue weighted by Crippen LogP contribution is -2.42. The monoisotopic (exact) mass is 727 g/mol. The Morgan fingerprint density at radius 2 is 1.36 bits per heavy atom.